The summed E-state index contributed by atoms with van der Waals surface area (Å²) in [6, 6.07) is 19.1. The van der Waals surface area contributed by atoms with E-state index in [1.807, 2.05) is 19.1 Å². The van der Waals surface area contributed by atoms with E-state index in [0.29, 0.717) is 22.4 Å². The molecular weight excluding hydrogens is 461 g/mol. The molecule has 0 spiro atoms. The zero-order chi connectivity index (χ0) is 25.2. The van der Waals surface area contributed by atoms with E-state index >= 15 is 0 Å². The Balaban J connectivity index is 1.39. The third kappa shape index (κ3) is 5.22. The third-order valence-corrected chi connectivity index (χ3v) is 6.33. The van der Waals surface area contributed by atoms with Gasteiger partial charge in [0.15, 0.2) is 12.1 Å². The van der Waals surface area contributed by atoms with Crippen LogP contribution in [0, 0.1) is 12.7 Å². The fourth-order valence-corrected chi connectivity index (χ4v) is 4.21. The molecular formula is C28H26FN3O4. The van der Waals surface area contributed by atoms with Crippen molar-refractivity contribution in [1.82, 2.24) is 10.2 Å². The van der Waals surface area contributed by atoms with Gasteiger partial charge < -0.3 is 15.4 Å². The Hall–Kier alpha value is -4.20. The minimum absolute atomic E-state index is 0.0988. The molecule has 5 rings (SSSR count). The summed E-state index contributed by atoms with van der Waals surface area (Å²) in [4.78, 5) is 40.2. The Kier molecular flexibility index (Phi) is 6.41. The van der Waals surface area contributed by atoms with Crippen LogP contribution >= 0.6 is 0 Å². The van der Waals surface area contributed by atoms with E-state index in [1.165, 1.54) is 17.0 Å². The first-order chi connectivity index (χ1) is 17.4. The Morgan fingerprint density at radius 3 is 2.44 bits per heavy atom. The molecule has 8 heteroatoms. The minimum Gasteiger partial charge on any atom is -0.438 e. The second-order valence-electron chi connectivity index (χ2n) is 9.23. The largest absolute Gasteiger partial charge is 0.438 e. The number of amides is 3. The van der Waals surface area contributed by atoms with E-state index in [1.54, 1.807) is 48.5 Å². The smallest absolute Gasteiger partial charge is 0.411 e. The van der Waals surface area contributed by atoms with Gasteiger partial charge in [-0.1, -0.05) is 42.0 Å². The van der Waals surface area contributed by atoms with Gasteiger partial charge in [0, 0.05) is 17.3 Å². The number of nitrogens with zero attached hydrogens (tertiary/aromatic N) is 1. The van der Waals surface area contributed by atoms with Gasteiger partial charge in [-0.2, -0.15) is 0 Å². The van der Waals surface area contributed by atoms with E-state index in [-0.39, 0.29) is 30.2 Å². The van der Waals surface area contributed by atoms with Gasteiger partial charge in [-0.05, 0) is 67.3 Å². The van der Waals surface area contributed by atoms with E-state index in [2.05, 4.69) is 10.6 Å². The fraction of sp³-hybridized carbons (Fsp3) is 0.250. The molecule has 1 aliphatic carbocycles. The van der Waals surface area contributed by atoms with Crippen LogP contribution in [0.2, 0.25) is 0 Å². The van der Waals surface area contributed by atoms with Gasteiger partial charge in [0.2, 0.25) is 5.91 Å². The summed E-state index contributed by atoms with van der Waals surface area (Å²) in [7, 11) is 0. The number of aryl methyl sites for hydroxylation is 1. The predicted octanol–water partition coefficient (Wildman–Crippen LogP) is 4.73. The van der Waals surface area contributed by atoms with Gasteiger partial charge in [-0.3, -0.25) is 14.5 Å². The van der Waals surface area contributed by atoms with E-state index < -0.39 is 18.2 Å². The second kappa shape index (κ2) is 9.81. The van der Waals surface area contributed by atoms with Crippen molar-refractivity contribution in [2.24, 2.45) is 0 Å². The van der Waals surface area contributed by atoms with Crippen molar-refractivity contribution >= 4 is 23.6 Å². The molecule has 2 N–H and O–H groups in total. The zero-order valence-electron chi connectivity index (χ0n) is 19.7. The Bertz CT molecular complexity index is 1290. The highest BCUT2D eigenvalue weighted by Gasteiger charge is 2.48. The standard InChI is InChI=1S/C28H26FN3O4/c1-17-5-9-19(10-6-17)26(33)31-23-4-2-3-20(15-23)25-24(27(34)30-22-13-14-22)32(28(35)36-25)16-18-7-11-21(29)12-8-18/h2-12,15,22,24-25H,13-14,16H2,1H3,(H,30,34)(H,31,33)/t24-,25-/m1/s1. The lowest BCUT2D eigenvalue weighted by Gasteiger charge is -2.24. The average molecular weight is 488 g/mol. The molecule has 184 valence electrons. The third-order valence-electron chi connectivity index (χ3n) is 6.33. The maximum Gasteiger partial charge on any atom is 0.411 e. The number of rotatable bonds is 7. The average Bonchev–Trinajstić information content (AvgIpc) is 3.62. The number of carbonyl (C=O) groups excluding carboxylic acids is 3. The summed E-state index contributed by atoms with van der Waals surface area (Å²) >= 11 is 0. The number of carbonyl (C=O) groups is 3. The van der Waals surface area contributed by atoms with Crippen LogP contribution in [-0.2, 0) is 16.1 Å². The lowest BCUT2D eigenvalue weighted by atomic mass is 10.00. The van der Waals surface area contributed by atoms with Crippen LogP contribution < -0.4 is 10.6 Å². The van der Waals surface area contributed by atoms with Crippen LogP contribution in [0.4, 0.5) is 14.9 Å². The number of anilines is 1. The van der Waals surface area contributed by atoms with Crippen molar-refractivity contribution in [2.45, 2.75) is 44.5 Å². The van der Waals surface area contributed by atoms with Gasteiger partial charge in [0.25, 0.3) is 5.91 Å². The van der Waals surface area contributed by atoms with Crippen LogP contribution in [0.1, 0.15) is 46.0 Å². The van der Waals surface area contributed by atoms with Gasteiger partial charge in [-0.25, -0.2) is 9.18 Å². The highest BCUT2D eigenvalue weighted by molar-refractivity contribution is 6.04. The van der Waals surface area contributed by atoms with Gasteiger partial charge in [-0.15, -0.1) is 0 Å². The first-order valence-electron chi connectivity index (χ1n) is 11.9. The van der Waals surface area contributed by atoms with Crippen LogP contribution in [-0.4, -0.2) is 34.9 Å². The Labute approximate surface area is 208 Å². The summed E-state index contributed by atoms with van der Waals surface area (Å²) in [6.45, 7) is 2.05. The maximum absolute atomic E-state index is 13.4. The SMILES string of the molecule is Cc1ccc(C(=O)Nc2cccc([C@H]3OC(=O)N(Cc4ccc(F)cc4)[C@H]3C(=O)NC3CC3)c2)cc1. The molecule has 0 unspecified atom stereocenters. The number of halogens is 1. The zero-order valence-corrected chi connectivity index (χ0v) is 19.7. The molecule has 0 aromatic heterocycles. The molecule has 3 aromatic carbocycles. The fourth-order valence-electron chi connectivity index (χ4n) is 4.21. The van der Waals surface area contributed by atoms with Crippen molar-refractivity contribution in [3.05, 3.63) is 101 Å². The number of cyclic esters (lactones) is 1. The van der Waals surface area contributed by atoms with E-state index in [9.17, 15) is 18.8 Å². The number of hydrogen-bond donors (Lipinski definition) is 2. The predicted molar refractivity (Wildman–Crippen MR) is 132 cm³/mol. The molecule has 2 aliphatic rings. The molecule has 3 amide bonds. The van der Waals surface area contributed by atoms with Crippen LogP contribution in [0.25, 0.3) is 0 Å². The number of hydrogen-bond acceptors (Lipinski definition) is 4. The number of ether oxygens (including phenoxy) is 1. The molecule has 2 fully saturated rings. The highest BCUT2D eigenvalue weighted by Crippen LogP contribution is 2.35. The first kappa shape index (κ1) is 23.5. The van der Waals surface area contributed by atoms with E-state index in [4.69, 9.17) is 4.74 Å². The summed E-state index contributed by atoms with van der Waals surface area (Å²) in [5, 5.41) is 5.84. The molecule has 2 atom stereocenters. The van der Waals surface area contributed by atoms with Crippen LogP contribution in [0.15, 0.2) is 72.8 Å². The van der Waals surface area contributed by atoms with Crippen molar-refractivity contribution in [3.8, 4) is 0 Å². The molecule has 1 saturated carbocycles. The van der Waals surface area contributed by atoms with Crippen LogP contribution in [0.5, 0.6) is 0 Å². The quantitative estimate of drug-likeness (QED) is 0.505. The summed E-state index contributed by atoms with van der Waals surface area (Å²) in [5.74, 6) is -0.950. The number of nitrogens with one attached hydrogen (secondary N) is 2. The number of benzene rings is 3. The first-order valence-corrected chi connectivity index (χ1v) is 11.9. The van der Waals surface area contributed by atoms with E-state index in [0.717, 1.165) is 18.4 Å². The van der Waals surface area contributed by atoms with Crippen molar-refractivity contribution < 1.29 is 23.5 Å². The molecule has 0 radical (unpaired) electrons. The highest BCUT2D eigenvalue weighted by atomic mass is 19.1. The molecule has 0 bridgehead atoms. The second-order valence-corrected chi connectivity index (χ2v) is 9.23. The minimum atomic E-state index is -0.911. The van der Waals surface area contributed by atoms with Crippen molar-refractivity contribution in [3.63, 3.8) is 0 Å². The van der Waals surface area contributed by atoms with Gasteiger partial charge in [0.05, 0.1) is 6.54 Å². The summed E-state index contributed by atoms with van der Waals surface area (Å²) in [6.07, 6.45) is 0.301. The molecule has 1 aliphatic heterocycles. The maximum atomic E-state index is 13.4. The van der Waals surface area contributed by atoms with Crippen molar-refractivity contribution in [1.29, 1.82) is 0 Å². The summed E-state index contributed by atoms with van der Waals surface area (Å²) in [5.41, 5.74) is 3.36. The molecule has 3 aromatic rings. The molecule has 1 heterocycles. The summed E-state index contributed by atoms with van der Waals surface area (Å²) < 4.78 is 19.1. The Morgan fingerprint density at radius 2 is 1.75 bits per heavy atom. The topological polar surface area (TPSA) is 87.7 Å². The van der Waals surface area contributed by atoms with Gasteiger partial charge >= 0.3 is 6.09 Å². The van der Waals surface area contributed by atoms with Gasteiger partial charge in [0.1, 0.15) is 5.82 Å². The van der Waals surface area contributed by atoms with Crippen molar-refractivity contribution in [2.75, 3.05) is 5.32 Å². The molecule has 7 nitrogen and oxygen atoms in total. The lowest BCUT2D eigenvalue weighted by molar-refractivity contribution is -0.126. The van der Waals surface area contributed by atoms with Crippen LogP contribution in [0.3, 0.4) is 0 Å². The Morgan fingerprint density at radius 1 is 1.03 bits per heavy atom. The normalized spacial score (nSPS) is 19.1. The molecule has 36 heavy (non-hydrogen) atoms. The molecule has 1 saturated heterocycles. The monoisotopic (exact) mass is 487 g/mol. The lowest BCUT2D eigenvalue weighted by Crippen LogP contribution is -2.46.